The van der Waals surface area contributed by atoms with Gasteiger partial charge >= 0.3 is 0 Å². The maximum atomic E-state index is 12.8. The second-order valence-corrected chi connectivity index (χ2v) is 9.34. The van der Waals surface area contributed by atoms with Gasteiger partial charge in [-0.25, -0.2) is 13.8 Å². The molecule has 7 nitrogen and oxygen atoms in total. The van der Waals surface area contributed by atoms with Crippen LogP contribution in [-0.4, -0.2) is 44.5 Å². The van der Waals surface area contributed by atoms with Crippen molar-refractivity contribution in [2.45, 2.75) is 24.7 Å². The Kier molecular flexibility index (Phi) is 7.59. The van der Waals surface area contributed by atoms with E-state index in [0.717, 1.165) is 11.1 Å². The number of hydrazone groups is 1. The van der Waals surface area contributed by atoms with Gasteiger partial charge in [0, 0.05) is 19.0 Å². The highest BCUT2D eigenvalue weighted by Gasteiger charge is 2.31. The van der Waals surface area contributed by atoms with Crippen LogP contribution in [-0.2, 0) is 14.8 Å². The topological polar surface area (TPSA) is 88.1 Å². The molecule has 0 saturated carbocycles. The highest BCUT2D eigenvalue weighted by Crippen LogP contribution is 2.24. The van der Waals surface area contributed by atoms with E-state index in [4.69, 9.17) is 4.74 Å². The molecule has 1 N–H and O–H groups in total. The molecule has 1 amide bonds. The van der Waals surface area contributed by atoms with E-state index < -0.39 is 10.0 Å². The van der Waals surface area contributed by atoms with Gasteiger partial charge in [0.2, 0.25) is 15.9 Å². The van der Waals surface area contributed by atoms with Crippen LogP contribution in [0.4, 0.5) is 0 Å². The van der Waals surface area contributed by atoms with E-state index in [0.29, 0.717) is 38.3 Å². The van der Waals surface area contributed by atoms with Crippen LogP contribution in [0, 0.1) is 12.8 Å². The molecule has 8 heteroatoms. The van der Waals surface area contributed by atoms with Crippen molar-refractivity contribution in [3.8, 4) is 5.75 Å². The lowest BCUT2D eigenvalue weighted by atomic mass is 9.98. The van der Waals surface area contributed by atoms with Crippen LogP contribution in [0.25, 0.3) is 0 Å². The molecule has 2 aromatic rings. The number of sulfonamides is 1. The van der Waals surface area contributed by atoms with E-state index in [2.05, 4.69) is 17.1 Å². The number of ether oxygens (including phenoxy) is 1. The molecule has 0 aromatic heterocycles. The van der Waals surface area contributed by atoms with Crippen LogP contribution in [0.5, 0.6) is 5.75 Å². The SMILES string of the molecule is C=CCOc1cccc(/C=N\NC(=O)C2CCN(S(=O)(=O)c3ccc(C)cc3)CC2)c1. The first-order valence-corrected chi connectivity index (χ1v) is 11.6. The number of carbonyl (C=O) groups is 1. The first-order chi connectivity index (χ1) is 14.9. The minimum Gasteiger partial charge on any atom is -0.490 e. The summed E-state index contributed by atoms with van der Waals surface area (Å²) in [6, 6.07) is 14.1. The second kappa shape index (κ2) is 10.4. The van der Waals surface area contributed by atoms with Gasteiger partial charge in [0.1, 0.15) is 12.4 Å². The molecule has 1 heterocycles. The maximum absolute atomic E-state index is 12.8. The van der Waals surface area contributed by atoms with E-state index >= 15 is 0 Å². The fourth-order valence-corrected chi connectivity index (χ4v) is 4.79. The summed E-state index contributed by atoms with van der Waals surface area (Å²) in [4.78, 5) is 12.7. The summed E-state index contributed by atoms with van der Waals surface area (Å²) in [7, 11) is -3.54. The number of nitrogens with zero attached hydrogens (tertiary/aromatic N) is 2. The third-order valence-electron chi connectivity index (χ3n) is 5.10. The summed E-state index contributed by atoms with van der Waals surface area (Å²) < 4.78 is 32.5. The molecule has 3 rings (SSSR count). The Balaban J connectivity index is 1.52. The first-order valence-electron chi connectivity index (χ1n) is 10.1. The fourth-order valence-electron chi connectivity index (χ4n) is 3.32. The lowest BCUT2D eigenvalue weighted by Gasteiger charge is -2.30. The molecule has 0 atom stereocenters. The number of aryl methyl sites for hydroxylation is 1. The van der Waals surface area contributed by atoms with Gasteiger partial charge in [-0.2, -0.15) is 9.41 Å². The lowest BCUT2D eigenvalue weighted by Crippen LogP contribution is -2.42. The van der Waals surface area contributed by atoms with Crippen molar-refractivity contribution in [3.63, 3.8) is 0 Å². The molecule has 1 fully saturated rings. The van der Waals surface area contributed by atoms with E-state index in [1.165, 1.54) is 4.31 Å². The number of amides is 1. The van der Waals surface area contributed by atoms with Crippen molar-refractivity contribution >= 4 is 22.1 Å². The highest BCUT2D eigenvalue weighted by atomic mass is 32.2. The van der Waals surface area contributed by atoms with Crippen LogP contribution < -0.4 is 10.2 Å². The Morgan fingerprint density at radius 3 is 2.61 bits per heavy atom. The van der Waals surface area contributed by atoms with E-state index in [-0.39, 0.29) is 16.7 Å². The number of rotatable bonds is 8. The smallest absolute Gasteiger partial charge is 0.243 e. The Labute approximate surface area is 183 Å². The number of hydrogen-bond acceptors (Lipinski definition) is 5. The third-order valence-corrected chi connectivity index (χ3v) is 7.01. The molecule has 2 aromatic carbocycles. The summed E-state index contributed by atoms with van der Waals surface area (Å²) in [5.74, 6) is 0.212. The zero-order chi connectivity index (χ0) is 22.3. The standard InChI is InChI=1S/C23H27N3O4S/c1-3-15-30-21-6-4-5-19(16-21)17-24-25-23(27)20-11-13-26(14-12-20)31(28,29)22-9-7-18(2)8-10-22/h3-10,16-17,20H,1,11-15H2,2H3,(H,25,27)/b24-17-. The number of piperidine rings is 1. The summed E-state index contributed by atoms with van der Waals surface area (Å²) in [5.41, 5.74) is 4.36. The lowest BCUT2D eigenvalue weighted by molar-refractivity contribution is -0.126. The van der Waals surface area contributed by atoms with Crippen molar-refractivity contribution in [1.82, 2.24) is 9.73 Å². The van der Waals surface area contributed by atoms with E-state index in [9.17, 15) is 13.2 Å². The molecular formula is C23H27N3O4S. The average Bonchev–Trinajstić information content (AvgIpc) is 2.78. The van der Waals surface area contributed by atoms with Crippen molar-refractivity contribution in [3.05, 3.63) is 72.3 Å². The molecule has 1 aliphatic heterocycles. The van der Waals surface area contributed by atoms with Gasteiger partial charge in [0.25, 0.3) is 0 Å². The zero-order valence-electron chi connectivity index (χ0n) is 17.5. The molecule has 31 heavy (non-hydrogen) atoms. The van der Waals surface area contributed by atoms with Gasteiger partial charge in [0.05, 0.1) is 11.1 Å². The number of carbonyl (C=O) groups excluding carboxylic acids is 1. The van der Waals surface area contributed by atoms with Gasteiger partial charge in [-0.05, 0) is 49.6 Å². The Morgan fingerprint density at radius 2 is 1.94 bits per heavy atom. The van der Waals surface area contributed by atoms with E-state index in [1.54, 1.807) is 36.6 Å². The summed E-state index contributed by atoms with van der Waals surface area (Å²) >= 11 is 0. The highest BCUT2D eigenvalue weighted by molar-refractivity contribution is 7.89. The number of hydrogen-bond donors (Lipinski definition) is 1. The fraction of sp³-hybridized carbons (Fsp3) is 0.304. The molecule has 0 bridgehead atoms. The first kappa shape index (κ1) is 22.7. The molecule has 0 radical (unpaired) electrons. The van der Waals surface area contributed by atoms with Gasteiger partial charge in [-0.3, -0.25) is 4.79 Å². The van der Waals surface area contributed by atoms with E-state index in [1.807, 2.05) is 31.2 Å². The summed E-state index contributed by atoms with van der Waals surface area (Å²) in [5, 5.41) is 4.03. The average molecular weight is 442 g/mol. The predicted molar refractivity (Wildman–Crippen MR) is 121 cm³/mol. The maximum Gasteiger partial charge on any atom is 0.243 e. The van der Waals surface area contributed by atoms with Crippen LogP contribution in [0.15, 0.2) is 71.2 Å². The minimum atomic E-state index is -3.54. The summed E-state index contributed by atoms with van der Waals surface area (Å²) in [6.07, 6.45) is 4.13. The van der Waals surface area contributed by atoms with Crippen LogP contribution in [0.2, 0.25) is 0 Å². The zero-order valence-corrected chi connectivity index (χ0v) is 18.3. The Morgan fingerprint density at radius 1 is 1.23 bits per heavy atom. The van der Waals surface area contributed by atoms with Gasteiger partial charge in [0.15, 0.2) is 0 Å². The minimum absolute atomic E-state index is 0.206. The summed E-state index contributed by atoms with van der Waals surface area (Å²) in [6.45, 7) is 6.55. The number of benzene rings is 2. The van der Waals surface area contributed by atoms with Gasteiger partial charge < -0.3 is 4.74 Å². The van der Waals surface area contributed by atoms with Crippen molar-refractivity contribution in [1.29, 1.82) is 0 Å². The van der Waals surface area contributed by atoms with Crippen LogP contribution in [0.1, 0.15) is 24.0 Å². The van der Waals surface area contributed by atoms with Crippen molar-refractivity contribution < 1.29 is 17.9 Å². The molecule has 0 aliphatic carbocycles. The molecule has 1 saturated heterocycles. The normalized spacial score (nSPS) is 15.6. The molecular weight excluding hydrogens is 414 g/mol. The number of nitrogens with one attached hydrogen (secondary N) is 1. The molecule has 0 spiro atoms. The molecule has 1 aliphatic rings. The van der Waals surface area contributed by atoms with Crippen LogP contribution >= 0.6 is 0 Å². The Hall–Kier alpha value is -2.97. The predicted octanol–water partition coefficient (Wildman–Crippen LogP) is 3.11. The van der Waals surface area contributed by atoms with Gasteiger partial charge in [-0.15, -0.1) is 0 Å². The second-order valence-electron chi connectivity index (χ2n) is 7.40. The molecule has 164 valence electrons. The quantitative estimate of drug-likeness (QED) is 0.387. The van der Waals surface area contributed by atoms with Gasteiger partial charge in [-0.1, -0.05) is 42.5 Å². The monoisotopic (exact) mass is 441 g/mol. The van der Waals surface area contributed by atoms with Crippen molar-refractivity contribution in [2.75, 3.05) is 19.7 Å². The Bertz CT molecular complexity index is 1040. The molecule has 0 unspecified atom stereocenters. The third kappa shape index (κ3) is 6.02. The van der Waals surface area contributed by atoms with Crippen molar-refractivity contribution in [2.24, 2.45) is 11.0 Å². The largest absolute Gasteiger partial charge is 0.490 e. The van der Waals surface area contributed by atoms with Crippen LogP contribution in [0.3, 0.4) is 0 Å².